The zero-order chi connectivity index (χ0) is 13.8. The van der Waals surface area contributed by atoms with Crippen molar-refractivity contribution in [2.24, 2.45) is 5.84 Å². The first-order valence-electron chi connectivity index (χ1n) is 5.24. The molecular formula is C10H12N4O2S3. The molecule has 3 N–H and O–H groups in total. The van der Waals surface area contributed by atoms with Crippen LogP contribution in [-0.4, -0.2) is 22.4 Å². The number of amides is 1. The standard InChI is InChI=1S/C10H12N4O2S3/c1-5-3-6(16-7(5)8(15)12-11)4-18-10-14-13-9(17-2)19-10/h3H,4,11H2,1-2H3,(H,12,15). The third-order valence-electron chi connectivity index (χ3n) is 2.21. The molecule has 2 aromatic rings. The summed E-state index contributed by atoms with van der Waals surface area (Å²) in [6, 6.07) is 1.83. The van der Waals surface area contributed by atoms with Crippen molar-refractivity contribution in [3.63, 3.8) is 0 Å². The average Bonchev–Trinajstić information content (AvgIpc) is 3.01. The van der Waals surface area contributed by atoms with E-state index in [0.717, 1.165) is 14.2 Å². The van der Waals surface area contributed by atoms with Crippen LogP contribution in [-0.2, 0) is 5.75 Å². The predicted octanol–water partition coefficient (Wildman–Crippen LogP) is 2.06. The summed E-state index contributed by atoms with van der Waals surface area (Å²) >= 11 is 4.63. The van der Waals surface area contributed by atoms with Gasteiger partial charge in [0.1, 0.15) is 5.76 Å². The third kappa shape index (κ3) is 3.50. The molecule has 0 bridgehead atoms. The van der Waals surface area contributed by atoms with E-state index >= 15 is 0 Å². The van der Waals surface area contributed by atoms with E-state index < -0.39 is 5.91 Å². The second-order valence-electron chi connectivity index (χ2n) is 3.52. The van der Waals surface area contributed by atoms with Crippen molar-refractivity contribution >= 4 is 40.8 Å². The summed E-state index contributed by atoms with van der Waals surface area (Å²) in [5.74, 6) is 6.22. The van der Waals surface area contributed by atoms with Gasteiger partial charge in [0, 0.05) is 5.56 Å². The van der Waals surface area contributed by atoms with Crippen LogP contribution in [0.5, 0.6) is 0 Å². The van der Waals surface area contributed by atoms with E-state index in [1.807, 2.05) is 12.3 Å². The highest BCUT2D eigenvalue weighted by molar-refractivity contribution is 8.02. The van der Waals surface area contributed by atoms with Gasteiger partial charge in [-0.2, -0.15) is 0 Å². The Morgan fingerprint density at radius 2 is 2.26 bits per heavy atom. The first-order valence-corrected chi connectivity index (χ1v) is 8.27. The molecule has 0 fully saturated rings. The second-order valence-corrected chi connectivity index (χ2v) is 6.78. The molecule has 0 aromatic carbocycles. The number of thioether (sulfide) groups is 2. The lowest BCUT2D eigenvalue weighted by atomic mass is 10.2. The maximum Gasteiger partial charge on any atom is 0.301 e. The van der Waals surface area contributed by atoms with Gasteiger partial charge in [-0.3, -0.25) is 10.2 Å². The van der Waals surface area contributed by atoms with Crippen molar-refractivity contribution < 1.29 is 9.21 Å². The number of nitrogens with one attached hydrogen (secondary N) is 1. The van der Waals surface area contributed by atoms with E-state index in [4.69, 9.17) is 10.3 Å². The maximum absolute atomic E-state index is 11.4. The van der Waals surface area contributed by atoms with Crippen LogP contribution in [0.15, 0.2) is 19.2 Å². The van der Waals surface area contributed by atoms with Crippen LogP contribution < -0.4 is 11.3 Å². The molecule has 0 saturated carbocycles. The Kier molecular flexibility index (Phi) is 4.86. The Hall–Kier alpha value is -1.03. The van der Waals surface area contributed by atoms with Crippen LogP contribution in [0.2, 0.25) is 0 Å². The fourth-order valence-corrected chi connectivity index (χ4v) is 3.70. The van der Waals surface area contributed by atoms with E-state index in [-0.39, 0.29) is 5.76 Å². The fraction of sp³-hybridized carbons (Fsp3) is 0.300. The number of carbonyl (C=O) groups is 1. The topological polar surface area (TPSA) is 94.0 Å². The van der Waals surface area contributed by atoms with E-state index in [1.165, 1.54) is 23.1 Å². The Balaban J connectivity index is 2.01. The molecule has 2 rings (SSSR count). The van der Waals surface area contributed by atoms with Gasteiger partial charge in [0.05, 0.1) is 5.75 Å². The van der Waals surface area contributed by atoms with Crippen LogP contribution >= 0.6 is 34.9 Å². The van der Waals surface area contributed by atoms with Gasteiger partial charge in [0.15, 0.2) is 14.4 Å². The minimum atomic E-state index is -0.422. The molecule has 0 saturated heterocycles. The predicted molar refractivity (Wildman–Crippen MR) is 76.3 cm³/mol. The van der Waals surface area contributed by atoms with Gasteiger partial charge in [0.25, 0.3) is 0 Å². The number of nitrogen functional groups attached to an aromatic ring is 1. The molecule has 19 heavy (non-hydrogen) atoms. The first-order chi connectivity index (χ1) is 9.13. The van der Waals surface area contributed by atoms with Crippen molar-refractivity contribution in [2.75, 3.05) is 6.26 Å². The number of hydrazine groups is 1. The smallest absolute Gasteiger partial charge is 0.301 e. The van der Waals surface area contributed by atoms with Crippen molar-refractivity contribution in [3.05, 3.63) is 23.2 Å². The number of rotatable bonds is 5. The number of hydrogen-bond donors (Lipinski definition) is 2. The molecule has 2 heterocycles. The van der Waals surface area contributed by atoms with Gasteiger partial charge in [-0.05, 0) is 19.2 Å². The van der Waals surface area contributed by atoms with Gasteiger partial charge >= 0.3 is 5.91 Å². The third-order valence-corrected chi connectivity index (χ3v) is 5.26. The summed E-state index contributed by atoms with van der Waals surface area (Å²) in [7, 11) is 0. The molecule has 0 spiro atoms. The lowest BCUT2D eigenvalue weighted by Crippen LogP contribution is -2.30. The van der Waals surface area contributed by atoms with Crippen molar-refractivity contribution in [1.82, 2.24) is 15.6 Å². The average molecular weight is 316 g/mol. The van der Waals surface area contributed by atoms with Gasteiger partial charge in [0.2, 0.25) is 0 Å². The van der Waals surface area contributed by atoms with Crippen molar-refractivity contribution in [3.8, 4) is 0 Å². The molecule has 1 amide bonds. The zero-order valence-corrected chi connectivity index (χ0v) is 12.7. The first kappa shape index (κ1) is 14.4. The maximum atomic E-state index is 11.4. The molecule has 0 atom stereocenters. The largest absolute Gasteiger partial charge is 0.455 e. The highest BCUT2D eigenvalue weighted by Gasteiger charge is 2.15. The summed E-state index contributed by atoms with van der Waals surface area (Å²) in [6.45, 7) is 1.80. The quantitative estimate of drug-likeness (QED) is 0.377. The molecule has 9 heteroatoms. The molecule has 0 aliphatic heterocycles. The van der Waals surface area contributed by atoms with Gasteiger partial charge in [-0.1, -0.05) is 34.9 Å². The van der Waals surface area contributed by atoms with Crippen molar-refractivity contribution in [2.45, 2.75) is 21.4 Å². The minimum absolute atomic E-state index is 0.250. The summed E-state index contributed by atoms with van der Waals surface area (Å²) in [6.07, 6.45) is 1.96. The lowest BCUT2D eigenvalue weighted by Gasteiger charge is -1.95. The minimum Gasteiger partial charge on any atom is -0.455 e. The molecule has 0 aliphatic carbocycles. The number of aryl methyl sites for hydroxylation is 1. The number of nitrogens with two attached hydrogens (primary N) is 1. The Labute approximate surface area is 122 Å². The van der Waals surface area contributed by atoms with E-state index in [0.29, 0.717) is 11.5 Å². The Morgan fingerprint density at radius 1 is 1.53 bits per heavy atom. The second kappa shape index (κ2) is 6.42. The van der Waals surface area contributed by atoms with Crippen LogP contribution in [0.3, 0.4) is 0 Å². The molecular weight excluding hydrogens is 304 g/mol. The molecule has 6 nitrogen and oxygen atoms in total. The van der Waals surface area contributed by atoms with Gasteiger partial charge < -0.3 is 4.42 Å². The highest BCUT2D eigenvalue weighted by atomic mass is 32.2. The monoisotopic (exact) mass is 316 g/mol. The normalized spacial score (nSPS) is 10.7. The van der Waals surface area contributed by atoms with Crippen LogP contribution in [0.1, 0.15) is 21.9 Å². The number of hydrogen-bond acceptors (Lipinski definition) is 8. The Morgan fingerprint density at radius 3 is 2.89 bits per heavy atom. The molecule has 102 valence electrons. The Bertz CT molecular complexity index is 581. The number of aromatic nitrogens is 2. The molecule has 2 aromatic heterocycles. The van der Waals surface area contributed by atoms with Crippen LogP contribution in [0.25, 0.3) is 0 Å². The summed E-state index contributed by atoms with van der Waals surface area (Å²) < 4.78 is 7.27. The van der Waals surface area contributed by atoms with E-state index in [2.05, 4.69) is 15.6 Å². The number of furan rings is 1. The molecule has 0 unspecified atom stereocenters. The zero-order valence-electron chi connectivity index (χ0n) is 10.3. The van der Waals surface area contributed by atoms with Gasteiger partial charge in [-0.15, -0.1) is 10.2 Å². The number of carbonyl (C=O) groups excluding carboxylic acids is 1. The SMILES string of the molecule is CSc1nnc(SCc2cc(C)c(C(=O)NN)o2)s1. The summed E-state index contributed by atoms with van der Waals surface area (Å²) in [5.41, 5.74) is 2.82. The summed E-state index contributed by atoms with van der Waals surface area (Å²) in [4.78, 5) is 11.4. The van der Waals surface area contributed by atoms with Crippen LogP contribution in [0.4, 0.5) is 0 Å². The highest BCUT2D eigenvalue weighted by Crippen LogP contribution is 2.30. The molecule has 0 aliphatic rings. The summed E-state index contributed by atoms with van der Waals surface area (Å²) in [5, 5.41) is 8.06. The lowest BCUT2D eigenvalue weighted by molar-refractivity contribution is 0.0923. The van der Waals surface area contributed by atoms with Crippen LogP contribution in [0, 0.1) is 6.92 Å². The van der Waals surface area contributed by atoms with Gasteiger partial charge in [-0.25, -0.2) is 5.84 Å². The molecule has 0 radical (unpaired) electrons. The van der Waals surface area contributed by atoms with E-state index in [9.17, 15) is 4.79 Å². The fourth-order valence-electron chi connectivity index (χ4n) is 1.38. The number of nitrogens with zero attached hydrogens (tertiary/aromatic N) is 2. The van der Waals surface area contributed by atoms with E-state index in [1.54, 1.807) is 18.7 Å². The van der Waals surface area contributed by atoms with Crippen molar-refractivity contribution in [1.29, 1.82) is 0 Å².